The summed E-state index contributed by atoms with van der Waals surface area (Å²) >= 11 is 18.5. The third-order valence-electron chi connectivity index (χ3n) is 2.23. The number of benzene rings is 1. The Morgan fingerprint density at radius 1 is 1.16 bits per heavy atom. The minimum atomic E-state index is -0.354. The predicted molar refractivity (Wildman–Crippen MR) is 84.1 cm³/mol. The maximum atomic E-state index is 12.1. The summed E-state index contributed by atoms with van der Waals surface area (Å²) < 4.78 is 1.48. The maximum absolute atomic E-state index is 12.1. The van der Waals surface area contributed by atoms with Crippen molar-refractivity contribution in [1.29, 1.82) is 0 Å². The fourth-order valence-electron chi connectivity index (χ4n) is 1.37. The summed E-state index contributed by atoms with van der Waals surface area (Å²) in [6, 6.07) is 6.70. The van der Waals surface area contributed by atoms with E-state index in [2.05, 4.69) is 42.2 Å². The molecule has 0 spiro atoms. The molecular formula is C12H6Br2Cl2N2O. The van der Waals surface area contributed by atoms with E-state index in [4.69, 9.17) is 23.2 Å². The third kappa shape index (κ3) is 3.69. The van der Waals surface area contributed by atoms with Crippen LogP contribution in [0.25, 0.3) is 0 Å². The van der Waals surface area contributed by atoms with Crippen molar-refractivity contribution in [2.45, 2.75) is 0 Å². The lowest BCUT2D eigenvalue weighted by molar-refractivity contribution is 0.102. The highest BCUT2D eigenvalue weighted by Crippen LogP contribution is 2.26. The zero-order valence-electron chi connectivity index (χ0n) is 9.25. The second-order valence-corrected chi connectivity index (χ2v) is 6.17. The van der Waals surface area contributed by atoms with Gasteiger partial charge >= 0.3 is 0 Å². The first-order valence-corrected chi connectivity index (χ1v) is 7.39. The van der Waals surface area contributed by atoms with E-state index in [1.165, 1.54) is 0 Å². The molecule has 0 atom stereocenters. The Morgan fingerprint density at radius 2 is 1.89 bits per heavy atom. The third-order valence-corrected chi connectivity index (χ3v) is 3.78. The second-order valence-electron chi connectivity index (χ2n) is 3.57. The molecule has 1 N–H and O–H groups in total. The van der Waals surface area contributed by atoms with E-state index in [1.807, 2.05) is 0 Å². The molecule has 7 heteroatoms. The highest BCUT2D eigenvalue weighted by molar-refractivity contribution is 9.10. The van der Waals surface area contributed by atoms with Crippen LogP contribution in [0, 0.1) is 0 Å². The molecule has 0 saturated carbocycles. The van der Waals surface area contributed by atoms with E-state index in [0.717, 1.165) is 4.47 Å². The molecule has 0 fully saturated rings. The lowest BCUT2D eigenvalue weighted by Gasteiger charge is -2.08. The van der Waals surface area contributed by atoms with E-state index in [0.29, 0.717) is 20.7 Å². The fraction of sp³-hybridized carbons (Fsp3) is 0. The van der Waals surface area contributed by atoms with E-state index in [9.17, 15) is 4.79 Å². The van der Waals surface area contributed by atoms with E-state index in [-0.39, 0.29) is 11.1 Å². The van der Waals surface area contributed by atoms with Crippen molar-refractivity contribution in [2.24, 2.45) is 0 Å². The number of halogens is 4. The second kappa shape index (κ2) is 6.22. The zero-order valence-corrected chi connectivity index (χ0v) is 13.9. The highest BCUT2D eigenvalue weighted by atomic mass is 79.9. The average Bonchev–Trinajstić information content (AvgIpc) is 2.36. The molecule has 1 amide bonds. The number of amides is 1. The predicted octanol–water partition coefficient (Wildman–Crippen LogP) is 5.17. The number of rotatable bonds is 2. The van der Waals surface area contributed by atoms with Gasteiger partial charge in [-0.05, 0) is 40.2 Å². The number of anilines is 1. The van der Waals surface area contributed by atoms with E-state index >= 15 is 0 Å². The summed E-state index contributed by atoms with van der Waals surface area (Å²) in [5, 5.41) is 3.24. The van der Waals surface area contributed by atoms with Gasteiger partial charge in [0.1, 0.15) is 0 Å². The van der Waals surface area contributed by atoms with Crippen LogP contribution >= 0.6 is 55.1 Å². The molecule has 19 heavy (non-hydrogen) atoms. The summed E-state index contributed by atoms with van der Waals surface area (Å²) in [6.07, 6.45) is 1.55. The Morgan fingerprint density at radius 3 is 2.63 bits per heavy atom. The van der Waals surface area contributed by atoms with Crippen LogP contribution in [0.1, 0.15) is 10.4 Å². The van der Waals surface area contributed by atoms with Crippen molar-refractivity contribution in [3.05, 3.63) is 55.1 Å². The number of carbonyl (C=O) groups is 1. The fourth-order valence-corrected chi connectivity index (χ4v) is 2.42. The molecule has 3 nitrogen and oxygen atoms in total. The highest BCUT2D eigenvalue weighted by Gasteiger charge is 2.13. The first kappa shape index (κ1) is 14.8. The van der Waals surface area contributed by atoms with E-state index in [1.54, 1.807) is 30.5 Å². The number of aromatic nitrogens is 1. The standard InChI is InChI=1S/C12H6Br2Cl2N2O/c13-6-1-2-9(15)8(3-6)12(19)18-10-4-7(14)5-17-11(10)16/h1-5H,(H,18,19). The molecule has 1 aromatic carbocycles. The molecule has 1 aromatic heterocycles. The molecule has 0 saturated heterocycles. The molecule has 2 aromatic rings. The van der Waals surface area contributed by atoms with Crippen LogP contribution in [-0.4, -0.2) is 10.9 Å². The van der Waals surface area contributed by atoms with Crippen LogP contribution in [0.15, 0.2) is 39.4 Å². The first-order valence-electron chi connectivity index (χ1n) is 5.05. The summed E-state index contributed by atoms with van der Waals surface area (Å²) in [5.41, 5.74) is 0.768. The smallest absolute Gasteiger partial charge is 0.257 e. The minimum Gasteiger partial charge on any atom is -0.319 e. The van der Waals surface area contributed by atoms with Crippen molar-refractivity contribution in [1.82, 2.24) is 4.98 Å². The van der Waals surface area contributed by atoms with Crippen molar-refractivity contribution >= 4 is 66.7 Å². The van der Waals surface area contributed by atoms with Crippen LogP contribution in [-0.2, 0) is 0 Å². The van der Waals surface area contributed by atoms with Crippen molar-refractivity contribution in [2.75, 3.05) is 5.32 Å². The van der Waals surface area contributed by atoms with Crippen LogP contribution in [0.3, 0.4) is 0 Å². The Labute approximate surface area is 136 Å². The lowest BCUT2D eigenvalue weighted by atomic mass is 10.2. The van der Waals surface area contributed by atoms with Gasteiger partial charge in [-0.25, -0.2) is 4.98 Å². The van der Waals surface area contributed by atoms with Crippen molar-refractivity contribution in [3.8, 4) is 0 Å². The van der Waals surface area contributed by atoms with Gasteiger partial charge in [0.15, 0.2) is 5.15 Å². The molecule has 0 aliphatic rings. The number of pyridine rings is 1. The van der Waals surface area contributed by atoms with Gasteiger partial charge in [-0.3, -0.25) is 4.79 Å². The molecule has 2 rings (SSSR count). The van der Waals surface area contributed by atoms with Gasteiger partial charge in [-0.15, -0.1) is 0 Å². The largest absolute Gasteiger partial charge is 0.319 e. The SMILES string of the molecule is O=C(Nc1cc(Br)cnc1Cl)c1cc(Br)ccc1Cl. The van der Waals surface area contributed by atoms with Gasteiger partial charge < -0.3 is 5.32 Å². The van der Waals surface area contributed by atoms with Gasteiger partial charge in [-0.2, -0.15) is 0 Å². The molecule has 98 valence electrons. The number of nitrogens with zero attached hydrogens (tertiary/aromatic N) is 1. The quantitative estimate of drug-likeness (QED) is 0.676. The molecule has 0 unspecified atom stereocenters. The molecule has 1 heterocycles. The van der Waals surface area contributed by atoms with Gasteiger partial charge in [0.2, 0.25) is 0 Å². The summed E-state index contributed by atoms with van der Waals surface area (Å²) in [7, 11) is 0. The Bertz CT molecular complexity index is 650. The Kier molecular flexibility index (Phi) is 4.84. The summed E-state index contributed by atoms with van der Waals surface area (Å²) in [4.78, 5) is 16.1. The van der Waals surface area contributed by atoms with Crippen LogP contribution in [0.4, 0.5) is 5.69 Å². The Balaban J connectivity index is 2.30. The minimum absolute atomic E-state index is 0.211. The molecule has 0 radical (unpaired) electrons. The van der Waals surface area contributed by atoms with Crippen molar-refractivity contribution < 1.29 is 4.79 Å². The van der Waals surface area contributed by atoms with Gasteiger partial charge in [0.25, 0.3) is 5.91 Å². The van der Waals surface area contributed by atoms with Crippen LogP contribution in [0.5, 0.6) is 0 Å². The maximum Gasteiger partial charge on any atom is 0.257 e. The number of carbonyl (C=O) groups excluding carboxylic acids is 1. The van der Waals surface area contributed by atoms with Crippen LogP contribution < -0.4 is 5.32 Å². The number of hydrogen-bond acceptors (Lipinski definition) is 2. The normalized spacial score (nSPS) is 10.3. The zero-order chi connectivity index (χ0) is 14.0. The number of nitrogens with one attached hydrogen (secondary N) is 1. The summed E-state index contributed by atoms with van der Waals surface area (Å²) in [5.74, 6) is -0.354. The van der Waals surface area contributed by atoms with Crippen molar-refractivity contribution in [3.63, 3.8) is 0 Å². The monoisotopic (exact) mass is 422 g/mol. The summed E-state index contributed by atoms with van der Waals surface area (Å²) in [6.45, 7) is 0. The average molecular weight is 425 g/mol. The van der Waals surface area contributed by atoms with Gasteiger partial charge in [-0.1, -0.05) is 39.1 Å². The number of hydrogen-bond donors (Lipinski definition) is 1. The first-order chi connectivity index (χ1) is 8.97. The Hall–Kier alpha value is -0.620. The molecule has 0 aliphatic carbocycles. The van der Waals surface area contributed by atoms with E-state index < -0.39 is 0 Å². The molecule has 0 aliphatic heterocycles. The van der Waals surface area contributed by atoms with Gasteiger partial charge in [0, 0.05) is 15.1 Å². The lowest BCUT2D eigenvalue weighted by Crippen LogP contribution is -2.13. The molecular weight excluding hydrogens is 419 g/mol. The molecule has 0 bridgehead atoms. The van der Waals surface area contributed by atoms with Crippen LogP contribution in [0.2, 0.25) is 10.2 Å². The van der Waals surface area contributed by atoms with Gasteiger partial charge in [0.05, 0.1) is 16.3 Å². The topological polar surface area (TPSA) is 42.0 Å².